The lowest BCUT2D eigenvalue weighted by molar-refractivity contribution is -0.134. The first kappa shape index (κ1) is 19.6. The summed E-state index contributed by atoms with van der Waals surface area (Å²) in [6.45, 7) is 6.85. The fourth-order valence-corrected chi connectivity index (χ4v) is 3.52. The highest BCUT2D eigenvalue weighted by atomic mass is 16.5. The van der Waals surface area contributed by atoms with E-state index >= 15 is 0 Å². The molecular formula is C21H29N3O3. The van der Waals surface area contributed by atoms with Crippen molar-refractivity contribution in [3.63, 3.8) is 0 Å². The van der Waals surface area contributed by atoms with E-state index in [2.05, 4.69) is 22.4 Å². The third-order valence-electron chi connectivity index (χ3n) is 5.15. The normalized spacial score (nSPS) is 19.4. The predicted octanol–water partition coefficient (Wildman–Crippen LogP) is 2.23. The molecule has 27 heavy (non-hydrogen) atoms. The Morgan fingerprint density at radius 1 is 1.11 bits per heavy atom. The van der Waals surface area contributed by atoms with Gasteiger partial charge in [-0.2, -0.15) is 0 Å². The number of allylic oxidation sites excluding steroid dienone is 1. The highest BCUT2D eigenvalue weighted by Gasteiger charge is 2.23. The summed E-state index contributed by atoms with van der Waals surface area (Å²) >= 11 is 0. The Morgan fingerprint density at radius 3 is 2.41 bits per heavy atom. The molecule has 146 valence electrons. The number of carbonyl (C=O) groups excluding carboxylic acids is 2. The van der Waals surface area contributed by atoms with Crippen molar-refractivity contribution < 1.29 is 14.3 Å². The number of carbonyl (C=O) groups is 2. The van der Waals surface area contributed by atoms with Crippen molar-refractivity contribution in [2.45, 2.75) is 19.8 Å². The van der Waals surface area contributed by atoms with Crippen LogP contribution in [0.1, 0.15) is 25.3 Å². The molecule has 0 aliphatic carbocycles. The Bertz CT molecular complexity index is 658. The number of amides is 2. The molecule has 0 spiro atoms. The maximum absolute atomic E-state index is 12.5. The molecule has 0 aromatic heterocycles. The third-order valence-corrected chi connectivity index (χ3v) is 5.15. The minimum absolute atomic E-state index is 0.0618. The number of nitrogens with zero attached hydrogens (tertiary/aromatic N) is 2. The van der Waals surface area contributed by atoms with Crippen LogP contribution in [0.3, 0.4) is 0 Å². The lowest BCUT2D eigenvalue weighted by atomic mass is 9.95. The summed E-state index contributed by atoms with van der Waals surface area (Å²) in [6, 6.07) is 7.83. The van der Waals surface area contributed by atoms with E-state index in [-0.39, 0.29) is 11.8 Å². The molecule has 1 aromatic carbocycles. The van der Waals surface area contributed by atoms with Crippen molar-refractivity contribution in [2.75, 3.05) is 51.3 Å². The highest BCUT2D eigenvalue weighted by Crippen LogP contribution is 2.20. The molecule has 2 fully saturated rings. The van der Waals surface area contributed by atoms with E-state index in [1.807, 2.05) is 29.2 Å². The highest BCUT2D eigenvalue weighted by molar-refractivity contribution is 5.88. The second kappa shape index (κ2) is 9.67. The predicted molar refractivity (Wildman–Crippen MR) is 106 cm³/mol. The quantitative estimate of drug-likeness (QED) is 0.862. The number of nitrogens with one attached hydrogen (secondary N) is 1. The second-order valence-corrected chi connectivity index (χ2v) is 7.27. The van der Waals surface area contributed by atoms with Gasteiger partial charge in [0.05, 0.1) is 19.8 Å². The van der Waals surface area contributed by atoms with E-state index in [0.29, 0.717) is 12.5 Å². The summed E-state index contributed by atoms with van der Waals surface area (Å²) in [5.74, 6) is 0.688. The van der Waals surface area contributed by atoms with Crippen molar-refractivity contribution in [3.05, 3.63) is 35.9 Å². The van der Waals surface area contributed by atoms with E-state index in [1.54, 1.807) is 0 Å². The zero-order valence-corrected chi connectivity index (χ0v) is 16.0. The molecular weight excluding hydrogens is 342 g/mol. The first-order valence-electron chi connectivity index (χ1n) is 9.74. The van der Waals surface area contributed by atoms with E-state index in [0.717, 1.165) is 63.5 Å². The van der Waals surface area contributed by atoms with Gasteiger partial charge < -0.3 is 15.0 Å². The second-order valence-electron chi connectivity index (χ2n) is 7.27. The van der Waals surface area contributed by atoms with Gasteiger partial charge in [-0.3, -0.25) is 14.5 Å². The number of likely N-dealkylation sites (tertiary alicyclic amines) is 1. The summed E-state index contributed by atoms with van der Waals surface area (Å²) in [4.78, 5) is 27.7. The Hall–Kier alpha value is -2.18. The van der Waals surface area contributed by atoms with Gasteiger partial charge in [0.1, 0.15) is 0 Å². The van der Waals surface area contributed by atoms with Crippen molar-refractivity contribution in [2.24, 2.45) is 5.92 Å². The van der Waals surface area contributed by atoms with Gasteiger partial charge in [-0.05, 0) is 36.5 Å². The molecule has 0 radical (unpaired) electrons. The van der Waals surface area contributed by atoms with Crippen LogP contribution in [-0.2, 0) is 14.3 Å². The molecule has 1 aromatic rings. The number of piperidine rings is 1. The van der Waals surface area contributed by atoms with Gasteiger partial charge in [0.2, 0.25) is 11.8 Å². The van der Waals surface area contributed by atoms with E-state index < -0.39 is 0 Å². The van der Waals surface area contributed by atoms with Gasteiger partial charge in [-0.1, -0.05) is 24.3 Å². The topological polar surface area (TPSA) is 61.9 Å². The molecule has 0 bridgehead atoms. The smallest absolute Gasteiger partial charge is 0.236 e. The molecule has 2 aliphatic rings. The monoisotopic (exact) mass is 371 g/mol. The average Bonchev–Trinajstić information content (AvgIpc) is 2.68. The molecule has 6 heteroatoms. The molecule has 0 saturated carbocycles. The molecule has 2 amide bonds. The van der Waals surface area contributed by atoms with Crippen LogP contribution in [0.5, 0.6) is 0 Å². The SMILES string of the molecule is CC(=O)Nc1ccc(C=CC2CCN(C(=O)CN3CCOCC3)CC2)cc1. The van der Waals surface area contributed by atoms with Gasteiger partial charge in [-0.25, -0.2) is 0 Å². The maximum Gasteiger partial charge on any atom is 0.236 e. The Kier molecular flexibility index (Phi) is 7.01. The van der Waals surface area contributed by atoms with Crippen molar-refractivity contribution in [1.29, 1.82) is 0 Å². The number of morpholine rings is 1. The number of hydrogen-bond acceptors (Lipinski definition) is 4. The molecule has 1 N–H and O–H groups in total. The zero-order valence-electron chi connectivity index (χ0n) is 16.0. The average molecular weight is 371 g/mol. The van der Waals surface area contributed by atoms with Crippen molar-refractivity contribution >= 4 is 23.6 Å². The Labute approximate surface area is 161 Å². The van der Waals surface area contributed by atoms with Gasteiger partial charge in [0, 0.05) is 38.8 Å². The summed E-state index contributed by atoms with van der Waals surface area (Å²) < 4.78 is 5.33. The first-order valence-corrected chi connectivity index (χ1v) is 9.74. The van der Waals surface area contributed by atoms with Gasteiger partial charge in [0.25, 0.3) is 0 Å². The molecule has 3 rings (SSSR count). The van der Waals surface area contributed by atoms with Crippen LogP contribution in [0, 0.1) is 5.92 Å². The van der Waals surface area contributed by atoms with Gasteiger partial charge in [0.15, 0.2) is 0 Å². The fraction of sp³-hybridized carbons (Fsp3) is 0.524. The van der Waals surface area contributed by atoms with Gasteiger partial charge >= 0.3 is 0 Å². The van der Waals surface area contributed by atoms with Crippen LogP contribution < -0.4 is 5.32 Å². The zero-order chi connectivity index (χ0) is 19.1. The number of ether oxygens (including phenoxy) is 1. The molecule has 2 aliphatic heterocycles. The lowest BCUT2D eigenvalue weighted by Crippen LogP contribution is -2.46. The summed E-state index contributed by atoms with van der Waals surface area (Å²) in [5.41, 5.74) is 1.93. The summed E-state index contributed by atoms with van der Waals surface area (Å²) in [6.07, 6.45) is 6.40. The summed E-state index contributed by atoms with van der Waals surface area (Å²) in [5, 5.41) is 2.77. The minimum atomic E-state index is -0.0618. The number of benzene rings is 1. The van der Waals surface area contributed by atoms with Crippen LogP contribution in [0.15, 0.2) is 30.3 Å². The van der Waals surface area contributed by atoms with Gasteiger partial charge in [-0.15, -0.1) is 0 Å². The van der Waals surface area contributed by atoms with E-state index in [1.165, 1.54) is 6.92 Å². The number of anilines is 1. The maximum atomic E-state index is 12.5. The van der Waals surface area contributed by atoms with Crippen molar-refractivity contribution in [3.8, 4) is 0 Å². The summed E-state index contributed by atoms with van der Waals surface area (Å²) in [7, 11) is 0. The molecule has 6 nitrogen and oxygen atoms in total. The fourth-order valence-electron chi connectivity index (χ4n) is 3.52. The standard InChI is InChI=1S/C21H29N3O3/c1-17(25)22-20-6-4-18(5-7-20)2-3-19-8-10-24(11-9-19)21(26)16-23-12-14-27-15-13-23/h2-7,19H,8-16H2,1H3,(H,22,25). The Morgan fingerprint density at radius 2 is 1.78 bits per heavy atom. The lowest BCUT2D eigenvalue weighted by Gasteiger charge is -2.33. The molecule has 2 saturated heterocycles. The Balaban J connectivity index is 1.42. The van der Waals surface area contributed by atoms with E-state index in [9.17, 15) is 9.59 Å². The number of rotatable bonds is 5. The number of hydrogen-bond donors (Lipinski definition) is 1. The largest absolute Gasteiger partial charge is 0.379 e. The third kappa shape index (κ3) is 6.19. The first-order chi connectivity index (χ1) is 13.1. The molecule has 0 atom stereocenters. The van der Waals surface area contributed by atoms with Crippen LogP contribution in [-0.4, -0.2) is 67.6 Å². The molecule has 2 heterocycles. The van der Waals surface area contributed by atoms with Crippen LogP contribution in [0.4, 0.5) is 5.69 Å². The van der Waals surface area contributed by atoms with E-state index in [4.69, 9.17) is 4.74 Å². The van der Waals surface area contributed by atoms with Crippen LogP contribution in [0.25, 0.3) is 6.08 Å². The minimum Gasteiger partial charge on any atom is -0.379 e. The van der Waals surface area contributed by atoms with Crippen LogP contribution in [0.2, 0.25) is 0 Å². The molecule has 0 unspecified atom stereocenters. The van der Waals surface area contributed by atoms with Crippen molar-refractivity contribution in [1.82, 2.24) is 9.80 Å². The van der Waals surface area contributed by atoms with Crippen LogP contribution >= 0.6 is 0 Å².